The third-order valence-electron chi connectivity index (χ3n) is 5.01. The number of aromatic nitrogens is 3. The predicted octanol–water partition coefficient (Wildman–Crippen LogP) is -0.997. The van der Waals surface area contributed by atoms with Gasteiger partial charge >= 0.3 is 11.7 Å². The smallest absolute Gasteiger partial charge is 0.408 e. The highest BCUT2D eigenvalue weighted by molar-refractivity contribution is 8.00. The molecule has 0 spiro atoms. The van der Waals surface area contributed by atoms with Crippen molar-refractivity contribution < 1.29 is 33.6 Å². The van der Waals surface area contributed by atoms with Crippen molar-refractivity contribution in [2.75, 3.05) is 11.1 Å². The van der Waals surface area contributed by atoms with E-state index in [0.717, 1.165) is 4.90 Å². The third kappa shape index (κ3) is 4.23. The summed E-state index contributed by atoms with van der Waals surface area (Å²) in [7, 11) is 0. The molecular weight excluding hydrogens is 452 g/mol. The van der Waals surface area contributed by atoms with E-state index in [1.54, 1.807) is 49.9 Å². The zero-order valence-corrected chi connectivity index (χ0v) is 18.9. The minimum absolute atomic E-state index is 0.132. The normalized spacial score (nSPS) is 20.2. The van der Waals surface area contributed by atoms with Crippen LogP contribution in [0, 0.1) is 0 Å². The van der Waals surface area contributed by atoms with Crippen LogP contribution < -0.4 is 20.3 Å². The molecule has 0 aliphatic carbocycles. The number of carbonyl (C=O) groups excluding carboxylic acids is 4. The second-order valence-electron chi connectivity index (χ2n) is 8.47. The summed E-state index contributed by atoms with van der Waals surface area (Å²) in [6.07, 6.45) is 2.95. The first-order valence-electron chi connectivity index (χ1n) is 10.0. The second kappa shape index (κ2) is 8.39. The number of amides is 3. The second-order valence-corrected chi connectivity index (χ2v) is 9.58. The molecule has 3 amide bonds. The maximum atomic E-state index is 12.8. The molecule has 0 aromatic carbocycles. The van der Waals surface area contributed by atoms with Crippen molar-refractivity contribution in [3.63, 3.8) is 0 Å². The van der Waals surface area contributed by atoms with Crippen molar-refractivity contribution in [3.8, 4) is 0 Å². The molecule has 4 rings (SSSR count). The topological polar surface area (TPSA) is 149 Å². The van der Waals surface area contributed by atoms with Crippen molar-refractivity contribution in [2.45, 2.75) is 44.3 Å². The Hall–Kier alpha value is -3.61. The number of fused-ring (bicyclic) bond motifs is 2. The lowest BCUT2D eigenvalue weighted by Crippen LogP contribution is -2.71. The van der Waals surface area contributed by atoms with Gasteiger partial charge in [0.25, 0.3) is 11.7 Å². The predicted molar refractivity (Wildman–Crippen MR) is 113 cm³/mol. The van der Waals surface area contributed by atoms with Gasteiger partial charge in [-0.1, -0.05) is 9.61 Å². The number of hydrogen-bond acceptors (Lipinski definition) is 8. The number of nitrogens with zero attached hydrogens (tertiary/aromatic N) is 4. The quantitative estimate of drug-likeness (QED) is 0.308. The summed E-state index contributed by atoms with van der Waals surface area (Å²) in [5.74, 6) is -1.33. The number of thioether (sulfide) groups is 1. The van der Waals surface area contributed by atoms with Gasteiger partial charge < -0.3 is 20.0 Å². The zero-order chi connectivity index (χ0) is 23.9. The molecule has 2 atom stereocenters. The summed E-state index contributed by atoms with van der Waals surface area (Å²) in [5, 5.41) is 20.7. The number of rotatable bonds is 6. The van der Waals surface area contributed by atoms with Crippen molar-refractivity contribution in [2.24, 2.45) is 0 Å². The number of β-lactam (4-membered cyclic amide) rings is 1. The van der Waals surface area contributed by atoms with E-state index in [0.29, 0.717) is 29.2 Å². The van der Waals surface area contributed by atoms with Crippen LogP contribution >= 0.6 is 11.8 Å². The number of ether oxygens (including phenoxy) is 1. The Morgan fingerprint density at radius 2 is 2.18 bits per heavy atom. The minimum atomic E-state index is -1.48. The molecule has 33 heavy (non-hydrogen) atoms. The Kier molecular flexibility index (Phi) is 5.74. The highest BCUT2D eigenvalue weighted by Crippen LogP contribution is 2.40. The lowest BCUT2D eigenvalue weighted by atomic mass is 10.0. The summed E-state index contributed by atoms with van der Waals surface area (Å²) < 4.78 is 8.42. The van der Waals surface area contributed by atoms with Gasteiger partial charge in [-0.25, -0.2) is 9.36 Å². The first-order valence-corrected chi connectivity index (χ1v) is 11.1. The van der Waals surface area contributed by atoms with E-state index in [-0.39, 0.29) is 12.2 Å². The molecule has 4 heterocycles. The van der Waals surface area contributed by atoms with Gasteiger partial charge in [-0.3, -0.25) is 19.8 Å². The number of anilines is 1. The molecule has 0 unspecified atom stereocenters. The summed E-state index contributed by atoms with van der Waals surface area (Å²) >= 11 is 1.33. The molecule has 2 aromatic heterocycles. The summed E-state index contributed by atoms with van der Waals surface area (Å²) in [6, 6.07) is 2.58. The van der Waals surface area contributed by atoms with Crippen molar-refractivity contribution in [1.29, 1.82) is 0 Å². The van der Waals surface area contributed by atoms with Crippen LogP contribution in [0.15, 0.2) is 35.8 Å². The molecule has 174 valence electrons. The summed E-state index contributed by atoms with van der Waals surface area (Å²) in [6.45, 7) is 5.24. The van der Waals surface area contributed by atoms with Gasteiger partial charge in [0.1, 0.15) is 23.6 Å². The fourth-order valence-corrected chi connectivity index (χ4v) is 5.09. The van der Waals surface area contributed by atoms with E-state index in [1.807, 2.05) is 0 Å². The first-order chi connectivity index (χ1) is 15.6. The van der Waals surface area contributed by atoms with Gasteiger partial charge in [0.2, 0.25) is 6.41 Å². The van der Waals surface area contributed by atoms with Crippen LogP contribution in [0.1, 0.15) is 20.8 Å². The fraction of sp³-hybridized carbons (Fsp3) is 0.400. The van der Waals surface area contributed by atoms with E-state index >= 15 is 0 Å². The number of carboxylic acids is 1. The molecule has 13 heteroatoms. The van der Waals surface area contributed by atoms with E-state index in [2.05, 4.69) is 15.7 Å². The number of carbonyl (C=O) groups is 4. The van der Waals surface area contributed by atoms with Crippen LogP contribution in [-0.4, -0.2) is 61.7 Å². The average molecular weight is 474 g/mol. The highest BCUT2D eigenvalue weighted by Gasteiger charge is 2.53. The number of alkyl carbamates (subject to hydrolysis) is 1. The summed E-state index contributed by atoms with van der Waals surface area (Å²) in [5.41, 5.74) is 0.119. The molecular formula is C20H22N6O6S. The van der Waals surface area contributed by atoms with Gasteiger partial charge in [-0.15, -0.1) is 11.8 Å². The van der Waals surface area contributed by atoms with E-state index < -0.39 is 35.0 Å². The van der Waals surface area contributed by atoms with Crippen molar-refractivity contribution in [3.05, 3.63) is 35.8 Å². The molecule has 2 aliphatic heterocycles. The number of hydrogen-bond donors (Lipinski definition) is 2. The van der Waals surface area contributed by atoms with Gasteiger partial charge in [0.05, 0.1) is 17.9 Å². The molecule has 2 N–H and O–H groups in total. The van der Waals surface area contributed by atoms with Crippen molar-refractivity contribution >= 4 is 47.6 Å². The lowest BCUT2D eigenvalue weighted by Gasteiger charge is -2.50. The Labute approximate surface area is 192 Å². The Morgan fingerprint density at radius 1 is 1.42 bits per heavy atom. The number of carboxylic acid groups (broad SMARTS) is 1. The van der Waals surface area contributed by atoms with Crippen LogP contribution in [0.4, 0.5) is 10.6 Å². The van der Waals surface area contributed by atoms with E-state index in [4.69, 9.17) is 4.74 Å². The summed E-state index contributed by atoms with van der Waals surface area (Å²) in [4.78, 5) is 48.9. The molecule has 2 aromatic rings. The highest BCUT2D eigenvalue weighted by atomic mass is 32.2. The number of imidazole rings is 1. The van der Waals surface area contributed by atoms with Crippen molar-refractivity contribution in [1.82, 2.24) is 19.8 Å². The monoisotopic (exact) mass is 474 g/mol. The van der Waals surface area contributed by atoms with Crippen LogP contribution in [0.5, 0.6) is 0 Å². The average Bonchev–Trinajstić information content (AvgIpc) is 3.08. The largest absolute Gasteiger partial charge is 0.543 e. The number of nitrogens with one attached hydrogen (secondary N) is 2. The van der Waals surface area contributed by atoms with E-state index in [1.165, 1.54) is 16.3 Å². The maximum Gasteiger partial charge on any atom is 0.408 e. The molecule has 12 nitrogen and oxygen atoms in total. The lowest BCUT2D eigenvalue weighted by molar-refractivity contribution is -0.662. The third-order valence-corrected chi connectivity index (χ3v) is 6.35. The fourth-order valence-electron chi connectivity index (χ4n) is 3.75. The maximum absolute atomic E-state index is 12.8. The molecule has 1 fully saturated rings. The Bertz CT molecular complexity index is 1190. The van der Waals surface area contributed by atoms with E-state index in [9.17, 15) is 24.3 Å². The van der Waals surface area contributed by atoms with Crippen LogP contribution in [-0.2, 0) is 25.7 Å². The molecule has 0 radical (unpaired) electrons. The van der Waals surface area contributed by atoms with Crippen LogP contribution in [0.3, 0.4) is 0 Å². The standard InChI is InChI=1S/C20H22N6O6S/c1-20(2,3)32-19(31)23-14-16(28)25-15(18(29)30)11(9-33-17(14)25)7-24-8-12(21-10-27)26-13(24)5-4-6-22-26/h4-6,8,10,14,17H,7,9H2,1-3H3,(H2-,21,22,23,27,29,30,31)/t14-,17-/m1/s1. The van der Waals surface area contributed by atoms with Gasteiger partial charge in [-0.05, 0) is 26.8 Å². The Balaban J connectivity index is 1.60. The Morgan fingerprint density at radius 3 is 2.85 bits per heavy atom. The minimum Gasteiger partial charge on any atom is -0.543 e. The zero-order valence-electron chi connectivity index (χ0n) is 18.1. The SMILES string of the molecule is CC(C)(C)OC(=O)N[C@@H]1C(=O)N2C(C(=O)[O-])=C(C[n+]3cc(NC=O)n4ncccc43)CS[C@H]12. The number of aliphatic carboxylic acids is 1. The molecule has 2 aliphatic rings. The molecule has 0 saturated carbocycles. The first kappa shape index (κ1) is 22.6. The van der Waals surface area contributed by atoms with Crippen LogP contribution in [0.25, 0.3) is 5.65 Å². The van der Waals surface area contributed by atoms with Gasteiger partial charge in [0.15, 0.2) is 6.20 Å². The molecule has 0 bridgehead atoms. The van der Waals surface area contributed by atoms with Gasteiger partial charge in [-0.2, -0.15) is 0 Å². The van der Waals surface area contributed by atoms with Crippen LogP contribution in [0.2, 0.25) is 0 Å². The van der Waals surface area contributed by atoms with Gasteiger partial charge in [0, 0.05) is 17.4 Å². The molecule has 1 saturated heterocycles.